The maximum Gasteiger partial charge on any atom is 0.281 e. The van der Waals surface area contributed by atoms with Gasteiger partial charge in [0.05, 0.1) is 5.69 Å². The van der Waals surface area contributed by atoms with E-state index in [2.05, 4.69) is 10.6 Å². The van der Waals surface area contributed by atoms with Crippen molar-refractivity contribution in [2.24, 2.45) is 12.9 Å². The predicted molar refractivity (Wildman–Crippen MR) is 82.3 cm³/mol. The lowest BCUT2D eigenvalue weighted by molar-refractivity contribution is 0.0945. The Hall–Kier alpha value is -2.76. The first-order valence-electron chi connectivity index (χ1n) is 6.14. The molecule has 0 saturated heterocycles. The molecule has 22 heavy (non-hydrogen) atoms. The Morgan fingerprint density at radius 1 is 1.36 bits per heavy atom. The van der Waals surface area contributed by atoms with Gasteiger partial charge in [0.25, 0.3) is 15.9 Å². The van der Waals surface area contributed by atoms with Crippen molar-refractivity contribution in [3.63, 3.8) is 0 Å². The lowest BCUT2D eigenvalue weighted by atomic mass is 10.2. The summed E-state index contributed by atoms with van der Waals surface area (Å²) in [5, 5.41) is 0. The van der Waals surface area contributed by atoms with Gasteiger partial charge in [-0.3, -0.25) is 14.9 Å². The van der Waals surface area contributed by atoms with Crippen LogP contribution in [0.2, 0.25) is 0 Å². The van der Waals surface area contributed by atoms with Crippen LogP contribution in [0.25, 0.3) is 0 Å². The van der Waals surface area contributed by atoms with E-state index in [0.717, 1.165) is 0 Å². The van der Waals surface area contributed by atoms with E-state index in [-0.39, 0.29) is 10.6 Å². The SMILES string of the molecule is C#Cc1cccc(NS(=O)(=O)c2cc(C(=O)NN)n(C)c2)c1. The van der Waals surface area contributed by atoms with Gasteiger partial charge in [-0.15, -0.1) is 6.42 Å². The summed E-state index contributed by atoms with van der Waals surface area (Å²) in [6.07, 6.45) is 6.60. The van der Waals surface area contributed by atoms with Crippen LogP contribution < -0.4 is 16.0 Å². The van der Waals surface area contributed by atoms with E-state index in [1.54, 1.807) is 25.2 Å². The second-order valence-electron chi connectivity index (χ2n) is 4.48. The van der Waals surface area contributed by atoms with Crippen LogP contribution in [-0.4, -0.2) is 18.9 Å². The van der Waals surface area contributed by atoms with Gasteiger partial charge < -0.3 is 4.57 Å². The fraction of sp³-hybridized carbons (Fsp3) is 0.0714. The van der Waals surface area contributed by atoms with E-state index in [1.165, 1.54) is 22.9 Å². The normalized spacial score (nSPS) is 10.8. The highest BCUT2D eigenvalue weighted by Crippen LogP contribution is 2.19. The van der Waals surface area contributed by atoms with E-state index in [1.807, 2.05) is 5.43 Å². The summed E-state index contributed by atoms with van der Waals surface area (Å²) in [7, 11) is -2.30. The van der Waals surface area contributed by atoms with Gasteiger partial charge in [-0.05, 0) is 24.3 Å². The molecular weight excluding hydrogens is 304 g/mol. The number of anilines is 1. The van der Waals surface area contributed by atoms with Crippen LogP contribution in [0.15, 0.2) is 41.4 Å². The number of nitrogens with one attached hydrogen (secondary N) is 2. The molecule has 1 aromatic carbocycles. The van der Waals surface area contributed by atoms with E-state index in [9.17, 15) is 13.2 Å². The third-order valence-corrected chi connectivity index (χ3v) is 4.28. The first-order chi connectivity index (χ1) is 10.4. The average Bonchev–Trinajstić information content (AvgIpc) is 2.89. The van der Waals surface area contributed by atoms with Crippen molar-refractivity contribution in [1.29, 1.82) is 0 Å². The molecule has 0 fully saturated rings. The molecule has 0 unspecified atom stereocenters. The van der Waals surface area contributed by atoms with Gasteiger partial charge in [-0.1, -0.05) is 12.0 Å². The van der Waals surface area contributed by atoms with Crippen molar-refractivity contribution in [3.05, 3.63) is 47.8 Å². The number of carbonyl (C=O) groups is 1. The molecule has 1 heterocycles. The molecule has 1 amide bonds. The number of benzene rings is 1. The molecular formula is C14H14N4O3S. The summed E-state index contributed by atoms with van der Waals surface area (Å²) in [6.45, 7) is 0. The van der Waals surface area contributed by atoms with E-state index < -0.39 is 15.9 Å². The van der Waals surface area contributed by atoms with Crippen LogP contribution in [0, 0.1) is 12.3 Å². The molecule has 0 atom stereocenters. The number of sulfonamides is 1. The van der Waals surface area contributed by atoms with Gasteiger partial charge in [0.2, 0.25) is 0 Å². The Labute approximate surface area is 128 Å². The summed E-state index contributed by atoms with van der Waals surface area (Å²) < 4.78 is 28.5. The van der Waals surface area contributed by atoms with Gasteiger partial charge in [0, 0.05) is 18.8 Å². The molecule has 0 aliphatic rings. The lowest BCUT2D eigenvalue weighted by Gasteiger charge is -2.06. The minimum atomic E-state index is -3.84. The van der Waals surface area contributed by atoms with Crippen molar-refractivity contribution in [2.75, 3.05) is 4.72 Å². The number of rotatable bonds is 4. The first-order valence-corrected chi connectivity index (χ1v) is 7.62. The smallest absolute Gasteiger partial charge is 0.281 e. The molecule has 1 aromatic heterocycles. The minimum Gasteiger partial charge on any atom is -0.345 e. The molecule has 0 radical (unpaired) electrons. The zero-order valence-electron chi connectivity index (χ0n) is 11.7. The number of nitrogens with two attached hydrogens (primary N) is 1. The molecule has 0 saturated carbocycles. The van der Waals surface area contributed by atoms with Crippen molar-refractivity contribution in [3.8, 4) is 12.3 Å². The van der Waals surface area contributed by atoms with Crippen molar-refractivity contribution in [1.82, 2.24) is 9.99 Å². The molecule has 0 aliphatic carbocycles. The van der Waals surface area contributed by atoms with E-state index >= 15 is 0 Å². The Morgan fingerprint density at radius 3 is 2.73 bits per heavy atom. The zero-order valence-corrected chi connectivity index (χ0v) is 12.5. The predicted octanol–water partition coefficient (Wildman–Crippen LogP) is 0.411. The average molecular weight is 318 g/mol. The summed E-state index contributed by atoms with van der Waals surface area (Å²) >= 11 is 0. The summed E-state index contributed by atoms with van der Waals surface area (Å²) in [5.41, 5.74) is 2.97. The van der Waals surface area contributed by atoms with Gasteiger partial charge in [-0.2, -0.15) is 0 Å². The van der Waals surface area contributed by atoms with Crippen LogP contribution in [0.5, 0.6) is 0 Å². The Kier molecular flexibility index (Phi) is 4.21. The standard InChI is InChI=1S/C14H14N4O3S/c1-3-10-5-4-6-11(7-10)17-22(20,21)12-8-13(14(19)16-15)18(2)9-12/h1,4-9,17H,15H2,2H3,(H,16,19). The third-order valence-electron chi connectivity index (χ3n) is 2.94. The Bertz CT molecular complexity index is 862. The van der Waals surface area contributed by atoms with Crippen LogP contribution in [0.3, 0.4) is 0 Å². The highest BCUT2D eigenvalue weighted by atomic mass is 32.2. The molecule has 114 valence electrons. The van der Waals surface area contributed by atoms with Crippen molar-refractivity contribution >= 4 is 21.6 Å². The monoisotopic (exact) mass is 318 g/mol. The van der Waals surface area contributed by atoms with Crippen LogP contribution >= 0.6 is 0 Å². The topological polar surface area (TPSA) is 106 Å². The molecule has 8 heteroatoms. The number of aryl methyl sites for hydroxylation is 1. The molecule has 0 spiro atoms. The van der Waals surface area contributed by atoms with Gasteiger partial charge in [0.1, 0.15) is 10.6 Å². The molecule has 0 aliphatic heterocycles. The third kappa shape index (κ3) is 3.11. The second kappa shape index (κ2) is 5.93. The Morgan fingerprint density at radius 2 is 2.09 bits per heavy atom. The van der Waals surface area contributed by atoms with Crippen LogP contribution in [-0.2, 0) is 17.1 Å². The number of carbonyl (C=O) groups excluding carboxylic acids is 1. The van der Waals surface area contributed by atoms with E-state index in [4.69, 9.17) is 12.3 Å². The number of hydrazine groups is 1. The van der Waals surface area contributed by atoms with Crippen molar-refractivity contribution in [2.45, 2.75) is 4.90 Å². The highest BCUT2D eigenvalue weighted by Gasteiger charge is 2.20. The van der Waals surface area contributed by atoms with Crippen molar-refractivity contribution < 1.29 is 13.2 Å². The van der Waals surface area contributed by atoms with Crippen LogP contribution in [0.1, 0.15) is 16.1 Å². The maximum atomic E-state index is 12.3. The number of amides is 1. The summed E-state index contributed by atoms with van der Waals surface area (Å²) in [6, 6.07) is 7.67. The van der Waals surface area contributed by atoms with Gasteiger partial charge in [0.15, 0.2) is 0 Å². The van der Waals surface area contributed by atoms with Crippen LogP contribution in [0.4, 0.5) is 5.69 Å². The largest absolute Gasteiger partial charge is 0.345 e. The van der Waals surface area contributed by atoms with E-state index in [0.29, 0.717) is 11.3 Å². The summed E-state index contributed by atoms with van der Waals surface area (Å²) in [5.74, 6) is 6.89. The number of hydrogen-bond donors (Lipinski definition) is 3. The quantitative estimate of drug-likeness (QED) is 0.328. The second-order valence-corrected chi connectivity index (χ2v) is 6.16. The number of aromatic nitrogens is 1. The Balaban J connectivity index is 2.35. The number of nitrogens with zero attached hydrogens (tertiary/aromatic N) is 1. The maximum absolute atomic E-state index is 12.3. The lowest BCUT2D eigenvalue weighted by Crippen LogP contribution is -2.31. The number of nitrogen functional groups attached to an aromatic ring is 1. The molecule has 2 rings (SSSR count). The zero-order chi connectivity index (χ0) is 16.3. The molecule has 7 nitrogen and oxygen atoms in total. The first kappa shape index (κ1) is 15.6. The molecule has 2 aromatic rings. The number of terminal acetylenes is 1. The summed E-state index contributed by atoms with van der Waals surface area (Å²) in [4.78, 5) is 11.5. The highest BCUT2D eigenvalue weighted by molar-refractivity contribution is 7.92. The van der Waals surface area contributed by atoms with Gasteiger partial charge in [-0.25, -0.2) is 14.3 Å². The molecule has 4 N–H and O–H groups in total. The molecule has 0 bridgehead atoms. The fourth-order valence-electron chi connectivity index (χ4n) is 1.87. The minimum absolute atomic E-state index is 0.0558. The van der Waals surface area contributed by atoms with Gasteiger partial charge >= 0.3 is 0 Å². The fourth-order valence-corrected chi connectivity index (χ4v) is 2.99. The number of hydrogen-bond acceptors (Lipinski definition) is 4.